The van der Waals surface area contributed by atoms with E-state index in [-0.39, 0.29) is 11.9 Å². The van der Waals surface area contributed by atoms with Crippen LogP contribution in [0.4, 0.5) is 10.5 Å². The normalized spacial score (nSPS) is 10.7. The monoisotopic (exact) mass is 458 g/mol. The van der Waals surface area contributed by atoms with Gasteiger partial charge in [-0.1, -0.05) is 21.1 Å². The third-order valence-corrected chi connectivity index (χ3v) is 5.05. The minimum Gasteiger partial charge on any atom is -0.339 e. The van der Waals surface area contributed by atoms with Gasteiger partial charge < -0.3 is 15.5 Å². The number of amides is 3. The molecular formula is C20H23BrN6O2. The van der Waals surface area contributed by atoms with E-state index in [1.54, 1.807) is 21.7 Å². The van der Waals surface area contributed by atoms with Crippen LogP contribution in [0.25, 0.3) is 11.0 Å². The zero-order valence-electron chi connectivity index (χ0n) is 16.4. The van der Waals surface area contributed by atoms with Crippen LogP contribution in [0.15, 0.2) is 46.9 Å². The first kappa shape index (κ1) is 20.8. The predicted molar refractivity (Wildman–Crippen MR) is 116 cm³/mol. The second-order valence-corrected chi connectivity index (χ2v) is 7.30. The van der Waals surface area contributed by atoms with Gasteiger partial charge >= 0.3 is 6.03 Å². The van der Waals surface area contributed by atoms with E-state index in [0.717, 1.165) is 9.99 Å². The highest BCUT2D eigenvalue weighted by Gasteiger charge is 2.14. The lowest BCUT2D eigenvalue weighted by molar-refractivity contribution is 0.0773. The summed E-state index contributed by atoms with van der Waals surface area (Å²) in [5, 5.41) is 13.9. The van der Waals surface area contributed by atoms with Crippen LogP contribution in [-0.4, -0.2) is 51.5 Å². The number of hydrogen-bond donors (Lipinski definition) is 2. The zero-order valence-corrected chi connectivity index (χ0v) is 17.9. The summed E-state index contributed by atoms with van der Waals surface area (Å²) in [6.07, 6.45) is 0. The van der Waals surface area contributed by atoms with Crippen LogP contribution in [0.5, 0.6) is 0 Å². The van der Waals surface area contributed by atoms with Gasteiger partial charge in [-0.15, -0.1) is 5.10 Å². The number of benzene rings is 2. The molecule has 1 heterocycles. The molecule has 0 radical (unpaired) electrons. The lowest BCUT2D eigenvalue weighted by atomic mass is 10.1. The number of nitrogens with zero attached hydrogens (tertiary/aromatic N) is 4. The number of aromatic nitrogens is 3. The first-order valence-corrected chi connectivity index (χ1v) is 10.2. The third-order valence-electron chi connectivity index (χ3n) is 4.52. The largest absolute Gasteiger partial charge is 0.339 e. The highest BCUT2D eigenvalue weighted by Crippen LogP contribution is 2.16. The Hall–Kier alpha value is -2.94. The van der Waals surface area contributed by atoms with Gasteiger partial charge in [0, 0.05) is 35.4 Å². The molecule has 1 aromatic heterocycles. The van der Waals surface area contributed by atoms with E-state index in [1.807, 2.05) is 44.2 Å². The maximum absolute atomic E-state index is 12.5. The molecule has 0 atom stereocenters. The Bertz CT molecular complexity index is 998. The Morgan fingerprint density at radius 3 is 2.52 bits per heavy atom. The topological polar surface area (TPSA) is 92.2 Å². The van der Waals surface area contributed by atoms with Crippen LogP contribution < -0.4 is 10.6 Å². The first-order valence-electron chi connectivity index (χ1n) is 9.44. The van der Waals surface area contributed by atoms with Gasteiger partial charge in [0.15, 0.2) is 0 Å². The number of fused-ring (bicyclic) bond motifs is 1. The van der Waals surface area contributed by atoms with Crippen LogP contribution in [0.1, 0.15) is 24.2 Å². The smallest absolute Gasteiger partial charge is 0.319 e. The Balaban J connectivity index is 1.58. The van der Waals surface area contributed by atoms with E-state index in [0.29, 0.717) is 42.9 Å². The predicted octanol–water partition coefficient (Wildman–Crippen LogP) is 3.50. The average Bonchev–Trinajstić information content (AvgIpc) is 3.13. The van der Waals surface area contributed by atoms with Crippen LogP contribution in [-0.2, 0) is 6.54 Å². The highest BCUT2D eigenvalue weighted by molar-refractivity contribution is 9.10. The van der Waals surface area contributed by atoms with Crippen molar-refractivity contribution in [3.05, 3.63) is 52.5 Å². The third kappa shape index (κ3) is 5.11. The zero-order chi connectivity index (χ0) is 20.8. The number of carbonyl (C=O) groups excluding carboxylic acids is 2. The summed E-state index contributed by atoms with van der Waals surface area (Å²) in [4.78, 5) is 26.3. The standard InChI is InChI=1S/C20H23BrN6O2/c1-3-26(4-2)19(28)14-5-10-18-17(13-14)24-25-27(18)12-11-22-20(29)23-16-8-6-15(21)7-9-16/h5-10,13H,3-4,11-12H2,1-2H3,(H2,22,23,29). The van der Waals surface area contributed by atoms with Crippen molar-refractivity contribution in [2.75, 3.05) is 25.0 Å². The minimum absolute atomic E-state index is 0.0160. The molecule has 8 nitrogen and oxygen atoms in total. The molecule has 0 unspecified atom stereocenters. The van der Waals surface area contributed by atoms with E-state index in [1.165, 1.54) is 0 Å². The van der Waals surface area contributed by atoms with Crippen molar-refractivity contribution in [1.29, 1.82) is 0 Å². The lowest BCUT2D eigenvalue weighted by Crippen LogP contribution is -2.31. The molecule has 0 spiro atoms. The summed E-state index contributed by atoms with van der Waals surface area (Å²) in [6.45, 7) is 6.09. The summed E-state index contributed by atoms with van der Waals surface area (Å²) in [5.41, 5.74) is 2.78. The molecule has 2 N–H and O–H groups in total. The van der Waals surface area contributed by atoms with E-state index < -0.39 is 0 Å². The molecule has 0 bridgehead atoms. The molecule has 152 valence electrons. The highest BCUT2D eigenvalue weighted by atomic mass is 79.9. The molecule has 3 aromatic rings. The van der Waals surface area contributed by atoms with Crippen molar-refractivity contribution in [2.45, 2.75) is 20.4 Å². The van der Waals surface area contributed by atoms with Gasteiger partial charge in [-0.25, -0.2) is 9.48 Å². The molecule has 0 aliphatic rings. The molecular weight excluding hydrogens is 436 g/mol. The van der Waals surface area contributed by atoms with Crippen LogP contribution in [0, 0.1) is 0 Å². The summed E-state index contributed by atoms with van der Waals surface area (Å²) >= 11 is 3.36. The first-order chi connectivity index (χ1) is 14.0. The summed E-state index contributed by atoms with van der Waals surface area (Å²) in [5.74, 6) is -0.0160. The Morgan fingerprint density at radius 1 is 1.10 bits per heavy atom. The SMILES string of the molecule is CCN(CC)C(=O)c1ccc2c(c1)nnn2CCNC(=O)Nc1ccc(Br)cc1. The second kappa shape index (κ2) is 9.51. The molecule has 0 aliphatic carbocycles. The fourth-order valence-corrected chi connectivity index (χ4v) is 3.21. The number of urea groups is 1. The van der Waals surface area contributed by atoms with Gasteiger partial charge in [0.25, 0.3) is 5.91 Å². The maximum atomic E-state index is 12.5. The van der Waals surface area contributed by atoms with Gasteiger partial charge in [-0.05, 0) is 56.3 Å². The van der Waals surface area contributed by atoms with Gasteiger partial charge in [0.1, 0.15) is 5.52 Å². The fourth-order valence-electron chi connectivity index (χ4n) is 2.95. The van der Waals surface area contributed by atoms with Crippen molar-refractivity contribution in [2.24, 2.45) is 0 Å². The van der Waals surface area contributed by atoms with Gasteiger partial charge in [-0.2, -0.15) is 0 Å². The van der Waals surface area contributed by atoms with Gasteiger partial charge in [0.2, 0.25) is 0 Å². The quantitative estimate of drug-likeness (QED) is 0.566. The van der Waals surface area contributed by atoms with E-state index in [4.69, 9.17) is 0 Å². The fraction of sp³-hybridized carbons (Fsp3) is 0.300. The van der Waals surface area contributed by atoms with Crippen LogP contribution >= 0.6 is 15.9 Å². The van der Waals surface area contributed by atoms with Crippen LogP contribution in [0.3, 0.4) is 0 Å². The molecule has 29 heavy (non-hydrogen) atoms. The number of rotatable bonds is 7. The molecule has 3 rings (SSSR count). The molecule has 3 amide bonds. The number of anilines is 1. The van der Waals surface area contributed by atoms with Gasteiger partial charge in [-0.3, -0.25) is 4.79 Å². The minimum atomic E-state index is -0.288. The van der Waals surface area contributed by atoms with E-state index >= 15 is 0 Å². The lowest BCUT2D eigenvalue weighted by Gasteiger charge is -2.18. The van der Waals surface area contributed by atoms with Gasteiger partial charge in [0.05, 0.1) is 12.1 Å². The van der Waals surface area contributed by atoms with Crippen molar-refractivity contribution in [3.63, 3.8) is 0 Å². The Labute approximate surface area is 177 Å². The van der Waals surface area contributed by atoms with Crippen molar-refractivity contribution < 1.29 is 9.59 Å². The Morgan fingerprint density at radius 2 is 1.83 bits per heavy atom. The number of nitrogens with one attached hydrogen (secondary N) is 2. The van der Waals surface area contributed by atoms with Crippen LogP contribution in [0.2, 0.25) is 0 Å². The number of hydrogen-bond acceptors (Lipinski definition) is 4. The van der Waals surface area contributed by atoms with E-state index in [9.17, 15) is 9.59 Å². The van der Waals surface area contributed by atoms with E-state index in [2.05, 4.69) is 36.9 Å². The molecule has 0 aliphatic heterocycles. The number of halogens is 1. The summed E-state index contributed by atoms with van der Waals surface area (Å²) in [7, 11) is 0. The molecule has 0 saturated carbocycles. The molecule has 2 aromatic carbocycles. The molecule has 0 fully saturated rings. The molecule has 9 heteroatoms. The van der Waals surface area contributed by atoms with Crippen molar-refractivity contribution in [3.8, 4) is 0 Å². The summed E-state index contributed by atoms with van der Waals surface area (Å²) in [6, 6.07) is 12.4. The maximum Gasteiger partial charge on any atom is 0.319 e. The van der Waals surface area contributed by atoms with Crippen molar-refractivity contribution in [1.82, 2.24) is 25.2 Å². The van der Waals surface area contributed by atoms with Crippen molar-refractivity contribution >= 4 is 44.6 Å². The molecule has 0 saturated heterocycles. The number of carbonyl (C=O) groups is 2. The average molecular weight is 459 g/mol. The Kier molecular flexibility index (Phi) is 6.82. The second-order valence-electron chi connectivity index (χ2n) is 6.38. The summed E-state index contributed by atoms with van der Waals surface area (Å²) < 4.78 is 2.66.